The normalized spacial score (nSPS) is 13.3. The highest BCUT2D eigenvalue weighted by Crippen LogP contribution is 2.36. The van der Waals surface area contributed by atoms with Crippen LogP contribution in [0.3, 0.4) is 0 Å². The van der Waals surface area contributed by atoms with E-state index in [1.165, 1.54) is 22.3 Å². The van der Waals surface area contributed by atoms with Gasteiger partial charge in [-0.1, -0.05) is 12.1 Å². The van der Waals surface area contributed by atoms with E-state index >= 15 is 0 Å². The van der Waals surface area contributed by atoms with E-state index in [0.29, 0.717) is 52.8 Å². The maximum atomic E-state index is 12.3. The lowest BCUT2D eigenvalue weighted by atomic mass is 10.2. The summed E-state index contributed by atoms with van der Waals surface area (Å²) in [5, 5.41) is 3.13. The summed E-state index contributed by atoms with van der Waals surface area (Å²) in [6, 6.07) is 12.2. The summed E-state index contributed by atoms with van der Waals surface area (Å²) in [6.07, 6.45) is 4.17. The Morgan fingerprint density at radius 2 is 2.00 bits per heavy atom. The van der Waals surface area contributed by atoms with E-state index < -0.39 is 17.0 Å². The maximum absolute atomic E-state index is 12.3. The van der Waals surface area contributed by atoms with Crippen molar-refractivity contribution in [1.29, 1.82) is 0 Å². The van der Waals surface area contributed by atoms with Crippen LogP contribution in [-0.4, -0.2) is 75.4 Å². The van der Waals surface area contributed by atoms with Gasteiger partial charge in [0.05, 0.1) is 30.4 Å². The van der Waals surface area contributed by atoms with E-state index in [-0.39, 0.29) is 5.95 Å². The predicted molar refractivity (Wildman–Crippen MR) is 142 cm³/mol. The molecule has 0 atom stereocenters. The van der Waals surface area contributed by atoms with Gasteiger partial charge in [-0.3, -0.25) is 0 Å². The highest BCUT2D eigenvalue weighted by molar-refractivity contribution is 7.84. The van der Waals surface area contributed by atoms with Crippen molar-refractivity contribution in [3.8, 4) is 11.6 Å². The van der Waals surface area contributed by atoms with Crippen LogP contribution in [0.4, 0.5) is 23.0 Å². The Bertz CT molecular complexity index is 1610. The molecule has 36 heavy (non-hydrogen) atoms. The lowest BCUT2D eigenvalue weighted by molar-refractivity contribution is -0.480. The minimum Gasteiger partial charge on any atom is -0.494 e. The highest BCUT2D eigenvalue weighted by Gasteiger charge is 2.24. The van der Waals surface area contributed by atoms with Crippen LogP contribution < -0.4 is 24.7 Å². The van der Waals surface area contributed by atoms with E-state index in [4.69, 9.17) is 14.6 Å². The molecule has 0 amide bonds. The molecule has 0 aliphatic rings. The SMILES string of the molecule is [2H]C([2H])([2H])N(C)CCN(C)c1cc(OC)c(Nc2nccc(-n3c[n+](S(C)(=O)=O)c4ccccc43)n2)cc1N. The topological polar surface area (TPSA) is 122 Å². The van der Waals surface area contributed by atoms with Crippen LogP contribution in [0, 0.1) is 0 Å². The average Bonchev–Trinajstić information content (AvgIpc) is 3.27. The van der Waals surface area contributed by atoms with Crippen molar-refractivity contribution in [3.63, 3.8) is 0 Å². The lowest BCUT2D eigenvalue weighted by Gasteiger charge is -2.24. The standard InChI is InChI=1S/C24H31N8O3S/c1-29(2)12-13-30(3)21-15-22(35-4)18(14-17(21)25)27-24-26-11-10-23(28-24)31-16-32(36(5,33)34)20-9-7-6-8-19(20)31/h6-11,14-16H,12-13,25H2,1-5H3,(H,26,27,28)/q+1/i1D3. The molecule has 0 bridgehead atoms. The van der Waals surface area contributed by atoms with Crippen molar-refractivity contribution in [1.82, 2.24) is 19.4 Å². The molecule has 0 aliphatic heterocycles. The third-order valence-electron chi connectivity index (χ3n) is 5.62. The number of hydrogen-bond donors (Lipinski definition) is 2. The maximum Gasteiger partial charge on any atom is 0.302 e. The molecule has 0 saturated heterocycles. The molecule has 2 heterocycles. The first-order chi connectivity index (χ1) is 18.3. The number of nitrogens with zero attached hydrogens (tertiary/aromatic N) is 6. The summed E-state index contributed by atoms with van der Waals surface area (Å²) >= 11 is 0. The number of rotatable bonds is 9. The molecule has 2 aromatic carbocycles. The Morgan fingerprint density at radius 3 is 2.72 bits per heavy atom. The summed E-state index contributed by atoms with van der Waals surface area (Å²) in [5.41, 5.74) is 9.17. The Labute approximate surface area is 215 Å². The molecule has 0 unspecified atom stereocenters. The van der Waals surface area contributed by atoms with Gasteiger partial charge in [-0.2, -0.15) is 18.0 Å². The van der Waals surface area contributed by atoms with Crippen LogP contribution in [0.1, 0.15) is 4.11 Å². The van der Waals surface area contributed by atoms with Crippen molar-refractivity contribution in [2.24, 2.45) is 0 Å². The number of ether oxygens (including phenoxy) is 1. The minimum atomic E-state index is -3.54. The number of nitrogens with two attached hydrogens (primary N) is 1. The van der Waals surface area contributed by atoms with Crippen molar-refractivity contribution in [3.05, 3.63) is 55.0 Å². The van der Waals surface area contributed by atoms with Gasteiger partial charge >= 0.3 is 10.0 Å². The summed E-state index contributed by atoms with van der Waals surface area (Å²) in [6.45, 7) is -1.44. The van der Waals surface area contributed by atoms with Gasteiger partial charge in [-0.25, -0.2) is 4.98 Å². The fourth-order valence-electron chi connectivity index (χ4n) is 3.80. The number of methoxy groups -OCH3 is 1. The number of anilines is 4. The quantitative estimate of drug-likeness (QED) is 0.254. The van der Waals surface area contributed by atoms with E-state index in [0.717, 1.165) is 6.26 Å². The highest BCUT2D eigenvalue weighted by atomic mass is 32.2. The van der Waals surface area contributed by atoms with Gasteiger partial charge in [0.1, 0.15) is 5.75 Å². The fraction of sp³-hybridized carbons (Fsp3) is 0.292. The van der Waals surface area contributed by atoms with Crippen LogP contribution in [0.2, 0.25) is 0 Å². The molecule has 11 nitrogen and oxygen atoms in total. The molecule has 0 spiro atoms. The van der Waals surface area contributed by atoms with Crippen LogP contribution in [0.25, 0.3) is 16.9 Å². The molecule has 190 valence electrons. The number of likely N-dealkylation sites (N-methyl/N-ethyl adjacent to an activating group) is 2. The van der Waals surface area contributed by atoms with Crippen molar-refractivity contribution < 1.29 is 21.2 Å². The van der Waals surface area contributed by atoms with E-state index in [1.807, 2.05) is 18.0 Å². The molecule has 4 aromatic rings. The Hall–Kier alpha value is -3.90. The molecule has 0 aliphatic carbocycles. The Kier molecular flexibility index (Phi) is 5.94. The first-order valence-corrected chi connectivity index (χ1v) is 12.9. The first kappa shape index (κ1) is 21.4. The lowest BCUT2D eigenvalue weighted by Crippen LogP contribution is -2.40. The molecule has 12 heteroatoms. The van der Waals surface area contributed by atoms with Crippen LogP contribution >= 0.6 is 0 Å². The van der Waals surface area contributed by atoms with Gasteiger partial charge in [-0.05, 0) is 32.2 Å². The number of nitrogen functional groups attached to an aromatic ring is 1. The molecule has 0 fully saturated rings. The molecule has 4 rings (SSSR count). The number of imidazole rings is 1. The number of benzene rings is 2. The second-order valence-electron chi connectivity index (χ2n) is 8.35. The van der Waals surface area contributed by atoms with Gasteiger partial charge in [0.25, 0.3) is 6.33 Å². The predicted octanol–water partition coefficient (Wildman–Crippen LogP) is 1.85. The van der Waals surface area contributed by atoms with Crippen molar-refractivity contribution >= 4 is 44.1 Å². The van der Waals surface area contributed by atoms with Crippen LogP contribution in [-0.2, 0) is 10.0 Å². The van der Waals surface area contributed by atoms with Gasteiger partial charge in [0.2, 0.25) is 11.8 Å². The zero-order valence-electron chi connectivity index (χ0n) is 23.5. The second-order valence-corrected chi connectivity index (χ2v) is 10.2. The Balaban J connectivity index is 1.63. The Morgan fingerprint density at radius 1 is 1.22 bits per heavy atom. The molecule has 2 aromatic heterocycles. The van der Waals surface area contributed by atoms with Crippen molar-refractivity contribution in [2.45, 2.75) is 0 Å². The molecule has 0 saturated carbocycles. The monoisotopic (exact) mass is 514 g/mol. The first-order valence-electron chi connectivity index (χ1n) is 12.5. The van der Waals surface area contributed by atoms with Crippen molar-refractivity contribution in [2.75, 3.05) is 63.5 Å². The summed E-state index contributed by atoms with van der Waals surface area (Å²) in [5.74, 6) is 1.17. The number of aromatic nitrogens is 4. The van der Waals surface area contributed by atoms with E-state index in [2.05, 4.69) is 15.3 Å². The molecule has 0 radical (unpaired) electrons. The van der Waals surface area contributed by atoms with Gasteiger partial charge < -0.3 is 25.6 Å². The smallest absolute Gasteiger partial charge is 0.302 e. The average molecular weight is 515 g/mol. The molecular weight excluding hydrogens is 480 g/mol. The largest absolute Gasteiger partial charge is 0.494 e. The third-order valence-corrected chi connectivity index (χ3v) is 6.63. The number of para-hydroxylation sites is 2. The number of fused-ring (bicyclic) bond motifs is 1. The fourth-order valence-corrected chi connectivity index (χ4v) is 4.58. The zero-order chi connectivity index (χ0) is 28.5. The van der Waals surface area contributed by atoms with Gasteiger partial charge in [-0.15, -0.1) is 3.97 Å². The minimum absolute atomic E-state index is 0.245. The molecule has 3 N–H and O–H groups in total. The van der Waals surface area contributed by atoms with Crippen LogP contribution in [0.15, 0.2) is 55.0 Å². The summed E-state index contributed by atoms with van der Waals surface area (Å²) < 4.78 is 55.7. The molecular formula is C24H31N8O3S+. The van der Waals surface area contributed by atoms with Crippen LogP contribution in [0.5, 0.6) is 5.75 Å². The van der Waals surface area contributed by atoms with E-state index in [1.54, 1.807) is 54.2 Å². The van der Waals surface area contributed by atoms with Gasteiger partial charge in [0, 0.05) is 42.6 Å². The van der Waals surface area contributed by atoms with E-state index in [9.17, 15) is 8.42 Å². The summed E-state index contributed by atoms with van der Waals surface area (Å²) in [7, 11) is 1.35. The number of hydrogen-bond acceptors (Lipinski definition) is 9. The zero-order valence-corrected chi connectivity index (χ0v) is 21.3. The third kappa shape index (κ3) is 5.19. The second kappa shape index (κ2) is 9.99. The summed E-state index contributed by atoms with van der Waals surface area (Å²) in [4.78, 5) is 12.0. The number of nitrogens with one attached hydrogen (secondary N) is 1. The van der Waals surface area contributed by atoms with Gasteiger partial charge in [0.15, 0.2) is 11.0 Å².